The predicted molar refractivity (Wildman–Crippen MR) is 83.7 cm³/mol. The second-order valence-electron chi connectivity index (χ2n) is 5.40. The van der Waals surface area contributed by atoms with Gasteiger partial charge in [-0.1, -0.05) is 36.4 Å². The van der Waals surface area contributed by atoms with Gasteiger partial charge in [-0.05, 0) is 32.9 Å². The average molecular weight is 321 g/mol. The Kier molecular flexibility index (Phi) is 4.15. The second kappa shape index (κ2) is 5.61. The molecule has 2 rings (SSSR count). The summed E-state index contributed by atoms with van der Waals surface area (Å²) in [5.74, 6) is 0. The van der Waals surface area contributed by atoms with Gasteiger partial charge in [0.25, 0.3) is 10.0 Å². The van der Waals surface area contributed by atoms with Crippen LogP contribution in [0.5, 0.6) is 0 Å². The maximum atomic E-state index is 12.7. The minimum atomic E-state index is -4.01. The molecule has 1 saturated heterocycles. The van der Waals surface area contributed by atoms with Gasteiger partial charge in [0.1, 0.15) is 0 Å². The molecule has 1 aliphatic heterocycles. The van der Waals surface area contributed by atoms with Gasteiger partial charge < -0.3 is 4.74 Å². The molecule has 0 spiro atoms. The molecule has 1 atom stereocenters. The van der Waals surface area contributed by atoms with Crippen LogP contribution in [-0.2, 0) is 14.8 Å². The van der Waals surface area contributed by atoms with Gasteiger partial charge in [0.2, 0.25) is 0 Å². The van der Waals surface area contributed by atoms with Crippen LogP contribution in [0.15, 0.2) is 53.6 Å². The molecule has 1 fully saturated rings. The third-order valence-electron chi connectivity index (χ3n) is 3.64. The number of amides is 1. The van der Waals surface area contributed by atoms with E-state index in [-0.39, 0.29) is 10.6 Å². The zero-order valence-corrected chi connectivity index (χ0v) is 13.7. The van der Waals surface area contributed by atoms with E-state index in [9.17, 15) is 13.2 Å². The molecule has 6 heteroatoms. The number of cyclic esters (lactones) is 1. The van der Waals surface area contributed by atoms with Gasteiger partial charge >= 0.3 is 6.09 Å². The summed E-state index contributed by atoms with van der Waals surface area (Å²) in [6.45, 7) is 9.11. The van der Waals surface area contributed by atoms with E-state index in [4.69, 9.17) is 4.74 Å². The molecule has 1 heterocycles. The highest BCUT2D eigenvalue weighted by Gasteiger charge is 2.50. The summed E-state index contributed by atoms with van der Waals surface area (Å²) in [7, 11) is -4.01. The fourth-order valence-electron chi connectivity index (χ4n) is 2.18. The number of carbonyl (C=O) groups excluding carboxylic acids is 1. The number of sulfonamides is 1. The molecule has 1 aromatic rings. The normalized spacial score (nSPS) is 22.4. The number of benzene rings is 1. The number of nitrogens with zero attached hydrogens (tertiary/aromatic N) is 1. The number of allylic oxidation sites excluding steroid dienone is 1. The summed E-state index contributed by atoms with van der Waals surface area (Å²) in [4.78, 5) is 12.1. The molecular weight excluding hydrogens is 302 g/mol. The van der Waals surface area contributed by atoms with Crippen molar-refractivity contribution in [1.82, 2.24) is 4.31 Å². The Bertz CT molecular complexity index is 734. The van der Waals surface area contributed by atoms with Gasteiger partial charge in [-0.2, -0.15) is 4.31 Å². The van der Waals surface area contributed by atoms with Crippen molar-refractivity contribution in [1.29, 1.82) is 0 Å². The van der Waals surface area contributed by atoms with Crippen molar-refractivity contribution >= 4 is 16.1 Å². The van der Waals surface area contributed by atoms with Crippen molar-refractivity contribution in [3.63, 3.8) is 0 Å². The Morgan fingerprint density at radius 1 is 1.32 bits per heavy atom. The summed E-state index contributed by atoms with van der Waals surface area (Å²) >= 11 is 0. The smallest absolute Gasteiger partial charge is 0.429 e. The second-order valence-corrected chi connectivity index (χ2v) is 7.19. The van der Waals surface area contributed by atoms with Crippen LogP contribution < -0.4 is 0 Å². The lowest BCUT2D eigenvalue weighted by Gasteiger charge is -2.22. The summed E-state index contributed by atoms with van der Waals surface area (Å²) in [6.07, 6.45) is 3.07. The average Bonchev–Trinajstić information content (AvgIpc) is 2.68. The summed E-state index contributed by atoms with van der Waals surface area (Å²) in [5, 5.41) is 0. The van der Waals surface area contributed by atoms with E-state index < -0.39 is 21.7 Å². The molecule has 0 saturated carbocycles. The van der Waals surface area contributed by atoms with Crippen molar-refractivity contribution in [2.24, 2.45) is 0 Å². The van der Waals surface area contributed by atoms with Crippen molar-refractivity contribution < 1.29 is 17.9 Å². The van der Waals surface area contributed by atoms with Crippen LogP contribution in [-0.4, -0.2) is 24.4 Å². The Morgan fingerprint density at radius 3 is 2.45 bits per heavy atom. The van der Waals surface area contributed by atoms with Gasteiger partial charge in [-0.3, -0.25) is 0 Å². The number of hydrogen-bond donors (Lipinski definition) is 0. The topological polar surface area (TPSA) is 63.7 Å². The molecule has 0 bridgehead atoms. The van der Waals surface area contributed by atoms with E-state index in [1.807, 2.05) is 19.9 Å². The van der Waals surface area contributed by atoms with Crippen LogP contribution in [0, 0.1) is 6.92 Å². The van der Waals surface area contributed by atoms with Crippen LogP contribution >= 0.6 is 0 Å². The minimum Gasteiger partial charge on any atom is -0.435 e. The Labute approximate surface area is 130 Å². The van der Waals surface area contributed by atoms with Crippen molar-refractivity contribution in [3.8, 4) is 0 Å². The van der Waals surface area contributed by atoms with Gasteiger partial charge in [-0.15, -0.1) is 0 Å². The van der Waals surface area contributed by atoms with Crippen molar-refractivity contribution in [2.75, 3.05) is 0 Å². The quantitative estimate of drug-likeness (QED) is 0.798. The fraction of sp³-hybridized carbons (Fsp3) is 0.312. The molecule has 1 unspecified atom stereocenters. The van der Waals surface area contributed by atoms with E-state index >= 15 is 0 Å². The maximum Gasteiger partial charge on any atom is 0.429 e. The number of aryl methyl sites for hydroxylation is 1. The first kappa shape index (κ1) is 16.3. The molecule has 1 aromatic carbocycles. The molecule has 1 aliphatic rings. The number of ether oxygens (including phenoxy) is 1. The Balaban J connectivity index is 2.41. The van der Waals surface area contributed by atoms with Crippen LogP contribution in [0.4, 0.5) is 4.79 Å². The maximum absolute atomic E-state index is 12.7. The number of rotatable bonds is 4. The molecule has 0 N–H and O–H groups in total. The highest BCUT2D eigenvalue weighted by atomic mass is 32.2. The highest BCUT2D eigenvalue weighted by molar-refractivity contribution is 7.89. The van der Waals surface area contributed by atoms with Crippen LogP contribution in [0.25, 0.3) is 0 Å². The first-order valence-corrected chi connectivity index (χ1v) is 8.32. The lowest BCUT2D eigenvalue weighted by atomic mass is 9.99. The molecule has 0 radical (unpaired) electrons. The standard InChI is InChI=1S/C16H19NO4S/c1-5-6-11-16(4)13(3)17(15(18)21-16)22(19,20)14-9-7-12(2)8-10-14/h5-10H,3,11H2,1-2,4H3/b6-5-. The lowest BCUT2D eigenvalue weighted by Crippen LogP contribution is -2.32. The van der Waals surface area contributed by atoms with Crippen molar-refractivity contribution in [2.45, 2.75) is 37.7 Å². The van der Waals surface area contributed by atoms with Gasteiger partial charge in [0.15, 0.2) is 5.60 Å². The molecule has 118 valence electrons. The number of hydrogen-bond acceptors (Lipinski definition) is 4. The Morgan fingerprint density at radius 2 is 1.91 bits per heavy atom. The van der Waals surface area contributed by atoms with E-state index in [1.165, 1.54) is 12.1 Å². The van der Waals surface area contributed by atoms with Crippen LogP contribution in [0.2, 0.25) is 0 Å². The SMILES string of the molecule is C=C1N(S(=O)(=O)c2ccc(C)cc2)C(=O)OC1(C)C/C=C\C. The zero-order valence-electron chi connectivity index (χ0n) is 12.9. The predicted octanol–water partition coefficient (Wildman–Crippen LogP) is 3.37. The third-order valence-corrected chi connectivity index (χ3v) is 5.35. The summed E-state index contributed by atoms with van der Waals surface area (Å²) < 4.78 is 31.3. The lowest BCUT2D eigenvalue weighted by molar-refractivity contribution is 0.0853. The van der Waals surface area contributed by atoms with Gasteiger partial charge in [0.05, 0.1) is 10.6 Å². The molecule has 5 nitrogen and oxygen atoms in total. The van der Waals surface area contributed by atoms with E-state index in [0.717, 1.165) is 5.56 Å². The monoisotopic (exact) mass is 321 g/mol. The van der Waals surface area contributed by atoms with Crippen molar-refractivity contribution in [3.05, 3.63) is 54.3 Å². The molecular formula is C16H19NO4S. The number of carbonyl (C=O) groups is 1. The molecule has 22 heavy (non-hydrogen) atoms. The zero-order chi connectivity index (χ0) is 16.5. The van der Waals surface area contributed by atoms with Gasteiger partial charge in [0, 0.05) is 6.42 Å². The first-order valence-electron chi connectivity index (χ1n) is 6.88. The minimum absolute atomic E-state index is 0.0338. The van der Waals surface area contributed by atoms with E-state index in [0.29, 0.717) is 10.7 Å². The van der Waals surface area contributed by atoms with Crippen LogP contribution in [0.1, 0.15) is 25.8 Å². The Hall–Kier alpha value is -2.08. The van der Waals surface area contributed by atoms with E-state index in [2.05, 4.69) is 6.58 Å². The summed E-state index contributed by atoms with van der Waals surface area (Å²) in [5.41, 5.74) is -0.00247. The molecule has 1 amide bonds. The fourth-order valence-corrected chi connectivity index (χ4v) is 3.59. The van der Waals surface area contributed by atoms with Gasteiger partial charge in [-0.25, -0.2) is 13.2 Å². The van der Waals surface area contributed by atoms with E-state index in [1.54, 1.807) is 25.1 Å². The first-order chi connectivity index (χ1) is 10.2. The van der Waals surface area contributed by atoms with Crippen LogP contribution in [0.3, 0.4) is 0 Å². The molecule has 0 aromatic heterocycles. The molecule has 0 aliphatic carbocycles. The summed E-state index contributed by atoms with van der Waals surface area (Å²) in [6, 6.07) is 6.28. The highest BCUT2D eigenvalue weighted by Crippen LogP contribution is 2.38. The largest absolute Gasteiger partial charge is 0.435 e. The third kappa shape index (κ3) is 2.66.